The third kappa shape index (κ3) is 4.99. The first-order valence-corrected chi connectivity index (χ1v) is 6.50. The SMILES string of the molecule is CC(C)CCCOCc1ccc(Br)cc1N. The Morgan fingerprint density at radius 2 is 2.12 bits per heavy atom. The highest BCUT2D eigenvalue weighted by atomic mass is 79.9. The zero-order valence-corrected chi connectivity index (χ0v) is 11.6. The number of anilines is 1. The van der Waals surface area contributed by atoms with Crippen LogP contribution in [0, 0.1) is 5.92 Å². The molecule has 0 saturated heterocycles. The molecule has 0 unspecified atom stereocenters. The van der Waals surface area contributed by atoms with Gasteiger partial charge in [0.1, 0.15) is 0 Å². The lowest BCUT2D eigenvalue weighted by Crippen LogP contribution is -2.00. The Morgan fingerprint density at radius 1 is 1.38 bits per heavy atom. The van der Waals surface area contributed by atoms with Gasteiger partial charge >= 0.3 is 0 Å². The Hall–Kier alpha value is -0.540. The highest BCUT2D eigenvalue weighted by Crippen LogP contribution is 2.19. The number of ether oxygens (including phenoxy) is 1. The van der Waals surface area contributed by atoms with E-state index in [1.807, 2.05) is 18.2 Å². The first-order chi connectivity index (χ1) is 7.59. The summed E-state index contributed by atoms with van der Waals surface area (Å²) in [4.78, 5) is 0. The van der Waals surface area contributed by atoms with Crippen LogP contribution in [0.25, 0.3) is 0 Å². The molecule has 90 valence electrons. The van der Waals surface area contributed by atoms with Crippen molar-refractivity contribution in [2.75, 3.05) is 12.3 Å². The van der Waals surface area contributed by atoms with Crippen LogP contribution in [0.3, 0.4) is 0 Å². The van der Waals surface area contributed by atoms with Gasteiger partial charge in [-0.25, -0.2) is 0 Å². The van der Waals surface area contributed by atoms with Crippen molar-refractivity contribution in [1.82, 2.24) is 0 Å². The lowest BCUT2D eigenvalue weighted by atomic mass is 10.1. The molecule has 0 heterocycles. The molecule has 16 heavy (non-hydrogen) atoms. The minimum absolute atomic E-state index is 0.608. The van der Waals surface area contributed by atoms with Crippen molar-refractivity contribution in [3.63, 3.8) is 0 Å². The molecule has 0 radical (unpaired) electrons. The fourth-order valence-corrected chi connectivity index (χ4v) is 1.85. The van der Waals surface area contributed by atoms with Crippen molar-refractivity contribution in [2.24, 2.45) is 5.92 Å². The summed E-state index contributed by atoms with van der Waals surface area (Å²) in [6.45, 7) is 5.88. The van der Waals surface area contributed by atoms with Gasteiger partial charge in [0.15, 0.2) is 0 Å². The van der Waals surface area contributed by atoms with Gasteiger partial charge in [-0.15, -0.1) is 0 Å². The standard InChI is InChI=1S/C13H20BrNO/c1-10(2)4-3-7-16-9-11-5-6-12(14)8-13(11)15/h5-6,8,10H,3-4,7,9,15H2,1-2H3. The highest BCUT2D eigenvalue weighted by Gasteiger charge is 2.00. The average Bonchev–Trinajstić information content (AvgIpc) is 2.20. The van der Waals surface area contributed by atoms with Crippen LogP contribution in [0.4, 0.5) is 5.69 Å². The van der Waals surface area contributed by atoms with Crippen molar-refractivity contribution >= 4 is 21.6 Å². The van der Waals surface area contributed by atoms with Crippen LogP contribution in [0.1, 0.15) is 32.3 Å². The van der Waals surface area contributed by atoms with E-state index in [-0.39, 0.29) is 0 Å². The Bertz CT molecular complexity index is 326. The number of nitrogen functional groups attached to an aromatic ring is 1. The van der Waals surface area contributed by atoms with Crippen LogP contribution < -0.4 is 5.73 Å². The molecule has 2 N–H and O–H groups in total. The predicted octanol–water partition coefficient (Wildman–Crippen LogP) is 3.98. The van der Waals surface area contributed by atoms with Crippen LogP contribution in [0.5, 0.6) is 0 Å². The van der Waals surface area contributed by atoms with E-state index < -0.39 is 0 Å². The van der Waals surface area contributed by atoms with Crippen LogP contribution >= 0.6 is 15.9 Å². The maximum absolute atomic E-state index is 5.87. The number of benzene rings is 1. The molecule has 0 aliphatic heterocycles. The van der Waals surface area contributed by atoms with E-state index in [0.717, 1.165) is 34.7 Å². The highest BCUT2D eigenvalue weighted by molar-refractivity contribution is 9.10. The van der Waals surface area contributed by atoms with E-state index in [1.165, 1.54) is 6.42 Å². The van der Waals surface area contributed by atoms with Crippen molar-refractivity contribution < 1.29 is 4.74 Å². The van der Waals surface area contributed by atoms with Crippen molar-refractivity contribution in [2.45, 2.75) is 33.3 Å². The molecule has 0 aliphatic rings. The zero-order chi connectivity index (χ0) is 12.0. The molecule has 2 nitrogen and oxygen atoms in total. The molecule has 0 bridgehead atoms. The van der Waals surface area contributed by atoms with Gasteiger partial charge in [0, 0.05) is 22.3 Å². The summed E-state index contributed by atoms with van der Waals surface area (Å²) in [5.74, 6) is 0.751. The zero-order valence-electron chi connectivity index (χ0n) is 10.0. The number of halogens is 1. The summed E-state index contributed by atoms with van der Waals surface area (Å²) in [5, 5.41) is 0. The lowest BCUT2D eigenvalue weighted by molar-refractivity contribution is 0.115. The smallest absolute Gasteiger partial charge is 0.0736 e. The molecule has 3 heteroatoms. The summed E-state index contributed by atoms with van der Waals surface area (Å²) >= 11 is 3.38. The van der Waals surface area contributed by atoms with Gasteiger partial charge in [-0.2, -0.15) is 0 Å². The quantitative estimate of drug-likeness (QED) is 0.634. The number of hydrogen-bond acceptors (Lipinski definition) is 2. The van der Waals surface area contributed by atoms with Crippen LogP contribution in [-0.2, 0) is 11.3 Å². The minimum Gasteiger partial charge on any atom is -0.398 e. The maximum Gasteiger partial charge on any atom is 0.0736 e. The van der Waals surface area contributed by atoms with Crippen molar-refractivity contribution in [1.29, 1.82) is 0 Å². The largest absolute Gasteiger partial charge is 0.398 e. The fourth-order valence-electron chi connectivity index (χ4n) is 1.47. The Balaban J connectivity index is 2.27. The normalized spacial score (nSPS) is 11.0. The fraction of sp³-hybridized carbons (Fsp3) is 0.538. The molecule has 0 amide bonds. The molecular formula is C13H20BrNO. The Morgan fingerprint density at radius 3 is 2.75 bits per heavy atom. The minimum atomic E-state index is 0.608. The summed E-state index contributed by atoms with van der Waals surface area (Å²) in [6.07, 6.45) is 2.34. The monoisotopic (exact) mass is 285 g/mol. The summed E-state index contributed by atoms with van der Waals surface area (Å²) < 4.78 is 6.60. The molecule has 0 atom stereocenters. The van der Waals surface area contributed by atoms with E-state index in [4.69, 9.17) is 10.5 Å². The van der Waals surface area contributed by atoms with Crippen molar-refractivity contribution in [3.8, 4) is 0 Å². The van der Waals surface area contributed by atoms with Gasteiger partial charge in [0.2, 0.25) is 0 Å². The molecule has 1 aromatic rings. The topological polar surface area (TPSA) is 35.2 Å². The molecule has 0 fully saturated rings. The van der Waals surface area contributed by atoms with Crippen LogP contribution in [0.15, 0.2) is 22.7 Å². The molecule has 0 aromatic heterocycles. The van der Waals surface area contributed by atoms with E-state index in [9.17, 15) is 0 Å². The molecule has 0 spiro atoms. The van der Waals surface area contributed by atoms with Gasteiger partial charge in [-0.3, -0.25) is 0 Å². The average molecular weight is 286 g/mol. The first kappa shape index (κ1) is 13.5. The predicted molar refractivity (Wildman–Crippen MR) is 72.3 cm³/mol. The van der Waals surface area contributed by atoms with Gasteiger partial charge in [0.05, 0.1) is 6.61 Å². The van der Waals surface area contributed by atoms with Gasteiger partial charge < -0.3 is 10.5 Å². The van der Waals surface area contributed by atoms with Gasteiger partial charge in [0.25, 0.3) is 0 Å². The van der Waals surface area contributed by atoms with E-state index in [2.05, 4.69) is 29.8 Å². The third-order valence-corrected chi connectivity index (χ3v) is 2.93. The molecular weight excluding hydrogens is 266 g/mol. The van der Waals surface area contributed by atoms with E-state index in [0.29, 0.717) is 6.61 Å². The van der Waals surface area contributed by atoms with Crippen LogP contribution in [-0.4, -0.2) is 6.61 Å². The molecule has 0 aliphatic carbocycles. The Kier molecular flexibility index (Phi) is 5.85. The van der Waals surface area contributed by atoms with Crippen LogP contribution in [0.2, 0.25) is 0 Å². The van der Waals surface area contributed by atoms with Gasteiger partial charge in [-0.05, 0) is 30.9 Å². The lowest BCUT2D eigenvalue weighted by Gasteiger charge is -2.08. The van der Waals surface area contributed by atoms with E-state index in [1.54, 1.807) is 0 Å². The third-order valence-electron chi connectivity index (χ3n) is 2.44. The maximum atomic E-state index is 5.87. The molecule has 1 rings (SSSR count). The summed E-state index contributed by atoms with van der Waals surface area (Å²) in [6, 6.07) is 5.90. The first-order valence-electron chi connectivity index (χ1n) is 5.71. The second-order valence-electron chi connectivity index (χ2n) is 4.43. The molecule has 1 aromatic carbocycles. The Labute approximate surface area is 106 Å². The van der Waals surface area contributed by atoms with E-state index >= 15 is 0 Å². The summed E-state index contributed by atoms with van der Waals surface area (Å²) in [7, 11) is 0. The molecule has 0 saturated carbocycles. The van der Waals surface area contributed by atoms with Gasteiger partial charge in [-0.1, -0.05) is 35.8 Å². The number of rotatable bonds is 6. The summed E-state index contributed by atoms with van der Waals surface area (Å²) in [5.41, 5.74) is 7.73. The van der Waals surface area contributed by atoms with Crippen molar-refractivity contribution in [3.05, 3.63) is 28.2 Å². The number of hydrogen-bond donors (Lipinski definition) is 1. The second-order valence-corrected chi connectivity index (χ2v) is 5.35. The number of nitrogens with two attached hydrogens (primary N) is 1. The second kappa shape index (κ2) is 6.92.